The number of fused-ring (bicyclic) bond motifs is 1. The maximum absolute atomic E-state index is 13.0. The average Bonchev–Trinajstić information content (AvgIpc) is 2.96. The second kappa shape index (κ2) is 8.22. The number of para-hydroxylation sites is 2. The van der Waals surface area contributed by atoms with E-state index in [4.69, 9.17) is 0 Å². The highest BCUT2D eigenvalue weighted by atomic mass is 16.2. The minimum atomic E-state index is -0.216. The van der Waals surface area contributed by atoms with Crippen molar-refractivity contribution in [1.29, 1.82) is 0 Å². The summed E-state index contributed by atoms with van der Waals surface area (Å²) in [5.41, 5.74) is 4.18. The number of benzene rings is 2. The molecule has 0 fully saturated rings. The minimum absolute atomic E-state index is 0.142. The van der Waals surface area contributed by atoms with E-state index < -0.39 is 0 Å². The van der Waals surface area contributed by atoms with Gasteiger partial charge >= 0.3 is 0 Å². The number of anilines is 2. The fourth-order valence-corrected chi connectivity index (χ4v) is 4.24. The van der Waals surface area contributed by atoms with E-state index in [1.54, 1.807) is 9.36 Å². The van der Waals surface area contributed by atoms with Gasteiger partial charge in [0.15, 0.2) is 0 Å². The lowest BCUT2D eigenvalue weighted by Crippen LogP contribution is -2.39. The zero-order valence-electron chi connectivity index (χ0n) is 17.8. The number of hydrogen-bond donors (Lipinski definition) is 1. The van der Waals surface area contributed by atoms with Crippen LogP contribution in [0.3, 0.4) is 0 Å². The molecule has 1 aliphatic rings. The largest absolute Gasteiger partial charge is 0.368 e. The van der Waals surface area contributed by atoms with Gasteiger partial charge in [-0.1, -0.05) is 36.4 Å². The van der Waals surface area contributed by atoms with Crippen molar-refractivity contribution in [1.82, 2.24) is 9.36 Å². The van der Waals surface area contributed by atoms with Gasteiger partial charge < -0.3 is 10.2 Å². The third kappa shape index (κ3) is 3.65. The van der Waals surface area contributed by atoms with Crippen LogP contribution < -0.4 is 15.8 Å². The molecule has 0 saturated heterocycles. The molecule has 1 aromatic heterocycles. The van der Waals surface area contributed by atoms with E-state index >= 15 is 0 Å². The summed E-state index contributed by atoms with van der Waals surface area (Å²) < 4.78 is 3.35. The van der Waals surface area contributed by atoms with Gasteiger partial charge in [-0.15, -0.1) is 0 Å². The molecule has 30 heavy (non-hydrogen) atoms. The normalized spacial score (nSPS) is 15.7. The van der Waals surface area contributed by atoms with E-state index in [-0.39, 0.29) is 11.5 Å². The molecule has 0 unspecified atom stereocenters. The van der Waals surface area contributed by atoms with Gasteiger partial charge in [0.2, 0.25) is 5.91 Å². The van der Waals surface area contributed by atoms with Gasteiger partial charge in [0.1, 0.15) is 5.69 Å². The van der Waals surface area contributed by atoms with Crippen LogP contribution in [0.25, 0.3) is 5.69 Å². The van der Waals surface area contributed by atoms with Crippen molar-refractivity contribution >= 4 is 17.3 Å². The Hall–Kier alpha value is -3.28. The van der Waals surface area contributed by atoms with Crippen LogP contribution in [-0.4, -0.2) is 27.9 Å². The molecule has 2 heterocycles. The summed E-state index contributed by atoms with van der Waals surface area (Å²) in [6.45, 7) is 4.68. The van der Waals surface area contributed by atoms with Gasteiger partial charge in [0.25, 0.3) is 5.56 Å². The van der Waals surface area contributed by atoms with Gasteiger partial charge in [-0.05, 0) is 50.5 Å². The Morgan fingerprint density at radius 1 is 1.10 bits per heavy atom. The maximum atomic E-state index is 13.0. The predicted molar refractivity (Wildman–Crippen MR) is 121 cm³/mol. The summed E-state index contributed by atoms with van der Waals surface area (Å²) in [7, 11) is 1.83. The van der Waals surface area contributed by atoms with Crippen LogP contribution in [0.4, 0.5) is 11.4 Å². The topological polar surface area (TPSA) is 59.3 Å². The highest BCUT2D eigenvalue weighted by molar-refractivity contribution is 5.91. The molecule has 0 saturated carbocycles. The maximum Gasteiger partial charge on any atom is 0.295 e. The molecule has 1 N–H and O–H groups in total. The van der Waals surface area contributed by atoms with Crippen LogP contribution in [0, 0.1) is 6.92 Å². The molecule has 2 aromatic carbocycles. The number of hydrogen-bond acceptors (Lipinski definition) is 3. The molecule has 0 bridgehead atoms. The number of amides is 1. The molecule has 0 aliphatic carbocycles. The average molecular weight is 405 g/mol. The Balaban J connectivity index is 1.50. The quantitative estimate of drug-likeness (QED) is 0.706. The molecule has 1 amide bonds. The first-order valence-electron chi connectivity index (χ1n) is 10.5. The number of aromatic nitrogens is 2. The van der Waals surface area contributed by atoms with E-state index in [0.717, 1.165) is 24.2 Å². The molecular formula is C24H28N4O2. The highest BCUT2D eigenvalue weighted by Gasteiger charge is 2.24. The van der Waals surface area contributed by atoms with Gasteiger partial charge in [0.05, 0.1) is 11.4 Å². The molecule has 6 heteroatoms. The van der Waals surface area contributed by atoms with Crippen molar-refractivity contribution in [2.75, 3.05) is 16.8 Å². The van der Waals surface area contributed by atoms with Crippen LogP contribution in [0.1, 0.15) is 31.0 Å². The van der Waals surface area contributed by atoms with Crippen molar-refractivity contribution in [3.05, 3.63) is 76.2 Å². The summed E-state index contributed by atoms with van der Waals surface area (Å²) in [5.74, 6) is -0.142. The highest BCUT2D eigenvalue weighted by Crippen LogP contribution is 2.30. The first-order chi connectivity index (χ1) is 14.5. The van der Waals surface area contributed by atoms with E-state index in [0.29, 0.717) is 24.7 Å². The summed E-state index contributed by atoms with van der Waals surface area (Å²) >= 11 is 0. The molecule has 3 aromatic rings. The SMILES string of the molecule is Cc1c(NC(=O)CCN2c3ccccc3CC[C@H]2C)c(=O)n(-c2ccccc2)n1C. The monoisotopic (exact) mass is 404 g/mol. The molecule has 1 aliphatic heterocycles. The van der Waals surface area contributed by atoms with Crippen molar-refractivity contribution < 1.29 is 4.79 Å². The second-order valence-electron chi connectivity index (χ2n) is 7.94. The molecule has 0 radical (unpaired) electrons. The number of aryl methyl sites for hydroxylation is 1. The number of nitrogens with one attached hydrogen (secondary N) is 1. The lowest BCUT2D eigenvalue weighted by Gasteiger charge is -2.37. The van der Waals surface area contributed by atoms with Crippen LogP contribution >= 0.6 is 0 Å². The van der Waals surface area contributed by atoms with Crippen LogP contribution in [-0.2, 0) is 18.3 Å². The Kier molecular flexibility index (Phi) is 5.48. The lowest BCUT2D eigenvalue weighted by molar-refractivity contribution is -0.116. The van der Waals surface area contributed by atoms with E-state index in [1.165, 1.54) is 11.3 Å². The Morgan fingerprint density at radius 2 is 1.80 bits per heavy atom. The van der Waals surface area contributed by atoms with Crippen LogP contribution in [0.5, 0.6) is 0 Å². The minimum Gasteiger partial charge on any atom is -0.368 e. The molecular weight excluding hydrogens is 376 g/mol. The number of nitrogens with zero attached hydrogens (tertiary/aromatic N) is 3. The summed E-state index contributed by atoms with van der Waals surface area (Å²) in [6, 6.07) is 18.2. The fraction of sp³-hybridized carbons (Fsp3) is 0.333. The first kappa shape index (κ1) is 20.0. The van der Waals surface area contributed by atoms with Crippen LogP contribution in [0.2, 0.25) is 0 Å². The standard InChI is InChI=1S/C24H28N4O2/c1-17-13-14-19-9-7-8-12-21(19)27(17)16-15-22(29)25-23-18(2)26(3)28(24(23)30)20-10-5-4-6-11-20/h4-12,17H,13-16H2,1-3H3,(H,25,29)/t17-/m1/s1. The van der Waals surface area contributed by atoms with Crippen LogP contribution in [0.15, 0.2) is 59.4 Å². The molecule has 6 nitrogen and oxygen atoms in total. The van der Waals surface area contributed by atoms with Crippen molar-refractivity contribution in [2.45, 2.75) is 39.2 Å². The third-order valence-electron chi connectivity index (χ3n) is 6.06. The predicted octanol–water partition coefficient (Wildman–Crippen LogP) is 3.65. The smallest absolute Gasteiger partial charge is 0.295 e. The number of rotatable bonds is 5. The lowest BCUT2D eigenvalue weighted by atomic mass is 9.96. The van der Waals surface area contributed by atoms with Gasteiger partial charge in [-0.25, -0.2) is 4.68 Å². The van der Waals surface area contributed by atoms with Crippen molar-refractivity contribution in [2.24, 2.45) is 7.05 Å². The zero-order valence-corrected chi connectivity index (χ0v) is 17.8. The molecule has 0 spiro atoms. The van der Waals surface area contributed by atoms with E-state index in [1.807, 2.05) is 50.4 Å². The van der Waals surface area contributed by atoms with E-state index in [9.17, 15) is 9.59 Å². The fourth-order valence-electron chi connectivity index (χ4n) is 4.24. The third-order valence-corrected chi connectivity index (χ3v) is 6.06. The van der Waals surface area contributed by atoms with Crippen molar-refractivity contribution in [3.63, 3.8) is 0 Å². The summed E-state index contributed by atoms with van der Waals surface area (Å²) in [5, 5.41) is 2.87. The Bertz CT molecular complexity index is 1110. The molecule has 4 rings (SSSR count). The number of carbonyl (C=O) groups is 1. The van der Waals surface area contributed by atoms with Gasteiger partial charge in [-0.3, -0.25) is 14.3 Å². The number of carbonyl (C=O) groups excluding carboxylic acids is 1. The first-order valence-corrected chi connectivity index (χ1v) is 10.5. The summed E-state index contributed by atoms with van der Waals surface area (Å²) in [4.78, 5) is 28.0. The van der Waals surface area contributed by atoms with Gasteiger partial charge in [0, 0.05) is 31.7 Å². The molecule has 156 valence electrons. The summed E-state index contributed by atoms with van der Waals surface area (Å²) in [6.07, 6.45) is 2.48. The second-order valence-corrected chi connectivity index (χ2v) is 7.94. The van der Waals surface area contributed by atoms with Crippen molar-refractivity contribution in [3.8, 4) is 5.69 Å². The van der Waals surface area contributed by atoms with E-state index in [2.05, 4.69) is 35.3 Å². The Morgan fingerprint density at radius 3 is 2.57 bits per heavy atom. The zero-order chi connectivity index (χ0) is 21.3. The molecule has 1 atom stereocenters. The van der Waals surface area contributed by atoms with Gasteiger partial charge in [-0.2, -0.15) is 0 Å². The Labute approximate surface area is 176 Å².